The summed E-state index contributed by atoms with van der Waals surface area (Å²) in [5.41, 5.74) is 6.58. The number of thiophene rings is 1. The fourth-order valence-corrected chi connectivity index (χ4v) is 3.96. The second-order valence-corrected chi connectivity index (χ2v) is 7.42. The molecule has 0 spiro atoms. The number of primary amides is 1. The fourth-order valence-electron chi connectivity index (χ4n) is 2.64. The van der Waals surface area contributed by atoms with E-state index in [-0.39, 0.29) is 24.5 Å². The molecule has 0 fully saturated rings. The molecule has 28 heavy (non-hydrogen) atoms. The average molecular weight is 425 g/mol. The first-order chi connectivity index (χ1) is 13.3. The van der Waals surface area contributed by atoms with Crippen molar-refractivity contribution in [1.82, 2.24) is 0 Å². The molecular weight excluding hydrogens is 404 g/mol. The summed E-state index contributed by atoms with van der Waals surface area (Å²) in [6.07, 6.45) is 0.635. The summed E-state index contributed by atoms with van der Waals surface area (Å²) in [6, 6.07) is 4.35. The van der Waals surface area contributed by atoms with E-state index in [0.717, 1.165) is 10.4 Å². The Hall–Kier alpha value is -2.58. The van der Waals surface area contributed by atoms with Gasteiger partial charge < -0.3 is 20.5 Å². The normalized spacial score (nSPS) is 10.4. The third kappa shape index (κ3) is 5.02. The van der Waals surface area contributed by atoms with Crippen molar-refractivity contribution >= 4 is 45.7 Å². The number of esters is 1. The van der Waals surface area contributed by atoms with Crippen molar-refractivity contribution in [3.63, 3.8) is 0 Å². The molecule has 150 valence electrons. The van der Waals surface area contributed by atoms with Gasteiger partial charge in [0.1, 0.15) is 10.8 Å². The quantitative estimate of drug-likeness (QED) is 0.630. The van der Waals surface area contributed by atoms with Crippen molar-refractivity contribution in [1.29, 1.82) is 0 Å². The fraction of sp³-hybridized carbons (Fsp3) is 0.316. The van der Waals surface area contributed by atoms with Crippen molar-refractivity contribution in [2.75, 3.05) is 18.5 Å². The third-order valence-electron chi connectivity index (χ3n) is 3.86. The number of hydrogen-bond acceptors (Lipinski definition) is 6. The number of hydrogen-bond donors (Lipinski definition) is 2. The van der Waals surface area contributed by atoms with Gasteiger partial charge in [0.25, 0.3) is 11.8 Å². The Labute approximate surface area is 171 Å². The lowest BCUT2D eigenvalue weighted by atomic mass is 10.1. The maximum Gasteiger partial charge on any atom is 0.341 e. The SMILES string of the molecule is CCOC(=O)c1c(NC(=O)COc2ccc(Cl)cc2C(N)=O)sc(C)c1CC. The summed E-state index contributed by atoms with van der Waals surface area (Å²) in [4.78, 5) is 37.1. The van der Waals surface area contributed by atoms with Crippen LogP contribution in [0.5, 0.6) is 5.75 Å². The van der Waals surface area contributed by atoms with Gasteiger partial charge in [-0.1, -0.05) is 18.5 Å². The van der Waals surface area contributed by atoms with Crippen LogP contribution < -0.4 is 15.8 Å². The molecule has 0 aliphatic rings. The van der Waals surface area contributed by atoms with Gasteiger partial charge in [0.05, 0.1) is 17.7 Å². The van der Waals surface area contributed by atoms with Crippen LogP contribution in [0.1, 0.15) is 45.0 Å². The van der Waals surface area contributed by atoms with E-state index < -0.39 is 17.8 Å². The predicted molar refractivity (Wildman–Crippen MR) is 108 cm³/mol. The number of amides is 2. The maximum absolute atomic E-state index is 12.4. The summed E-state index contributed by atoms with van der Waals surface area (Å²) >= 11 is 7.15. The number of ether oxygens (including phenoxy) is 2. The van der Waals surface area contributed by atoms with Gasteiger partial charge >= 0.3 is 5.97 Å². The van der Waals surface area contributed by atoms with Crippen molar-refractivity contribution in [3.8, 4) is 5.75 Å². The highest BCUT2D eigenvalue weighted by Gasteiger charge is 2.23. The molecule has 2 amide bonds. The van der Waals surface area contributed by atoms with E-state index in [1.165, 1.54) is 29.5 Å². The van der Waals surface area contributed by atoms with Gasteiger partial charge in [-0.15, -0.1) is 11.3 Å². The average Bonchev–Trinajstić information content (AvgIpc) is 2.95. The Morgan fingerprint density at radius 2 is 1.96 bits per heavy atom. The molecule has 9 heteroatoms. The second kappa shape index (κ2) is 9.57. The number of anilines is 1. The molecule has 0 aliphatic carbocycles. The van der Waals surface area contributed by atoms with Crippen LogP contribution in [-0.2, 0) is 16.0 Å². The zero-order valence-electron chi connectivity index (χ0n) is 15.8. The first kappa shape index (κ1) is 21.7. The van der Waals surface area contributed by atoms with Crippen LogP contribution in [-0.4, -0.2) is 31.0 Å². The summed E-state index contributed by atoms with van der Waals surface area (Å²) < 4.78 is 10.5. The summed E-state index contributed by atoms with van der Waals surface area (Å²) in [5, 5.41) is 3.42. The molecule has 0 saturated carbocycles. The Balaban J connectivity index is 2.16. The van der Waals surface area contributed by atoms with Gasteiger partial charge in [0.15, 0.2) is 6.61 Å². The van der Waals surface area contributed by atoms with Crippen molar-refractivity contribution in [2.45, 2.75) is 27.2 Å². The predicted octanol–water partition coefficient (Wildman–Crippen LogP) is 3.57. The smallest absolute Gasteiger partial charge is 0.341 e. The van der Waals surface area contributed by atoms with Gasteiger partial charge in [-0.2, -0.15) is 0 Å². The van der Waals surface area contributed by atoms with E-state index in [1.807, 2.05) is 13.8 Å². The molecule has 0 radical (unpaired) electrons. The van der Waals surface area contributed by atoms with Gasteiger partial charge in [-0.05, 0) is 44.0 Å². The first-order valence-corrected chi connectivity index (χ1v) is 9.79. The van der Waals surface area contributed by atoms with Crippen molar-refractivity contribution in [3.05, 3.63) is 44.8 Å². The molecule has 2 rings (SSSR count). The molecule has 1 aromatic heterocycles. The molecule has 0 saturated heterocycles. The third-order valence-corrected chi connectivity index (χ3v) is 5.16. The Morgan fingerprint density at radius 1 is 1.25 bits per heavy atom. The van der Waals surface area contributed by atoms with Crippen LogP contribution in [0.15, 0.2) is 18.2 Å². The maximum atomic E-state index is 12.4. The lowest BCUT2D eigenvalue weighted by molar-refractivity contribution is -0.118. The molecule has 0 unspecified atom stereocenters. The van der Waals surface area contributed by atoms with Crippen LogP contribution in [0.4, 0.5) is 5.00 Å². The minimum atomic E-state index is -0.719. The van der Waals surface area contributed by atoms with E-state index in [2.05, 4.69) is 5.32 Å². The highest BCUT2D eigenvalue weighted by Crippen LogP contribution is 2.34. The molecule has 0 atom stereocenters. The zero-order valence-corrected chi connectivity index (χ0v) is 17.3. The largest absolute Gasteiger partial charge is 0.483 e. The van der Waals surface area contributed by atoms with E-state index in [4.69, 9.17) is 26.8 Å². The van der Waals surface area contributed by atoms with E-state index >= 15 is 0 Å². The Morgan fingerprint density at radius 3 is 2.57 bits per heavy atom. The van der Waals surface area contributed by atoms with Crippen LogP contribution in [0.3, 0.4) is 0 Å². The number of halogens is 1. The topological polar surface area (TPSA) is 108 Å². The molecule has 0 bridgehead atoms. The molecule has 7 nitrogen and oxygen atoms in total. The number of aryl methyl sites for hydroxylation is 1. The number of nitrogens with one attached hydrogen (secondary N) is 1. The van der Waals surface area contributed by atoms with Crippen LogP contribution in [0.25, 0.3) is 0 Å². The summed E-state index contributed by atoms with van der Waals surface area (Å²) in [7, 11) is 0. The molecule has 1 aromatic carbocycles. The first-order valence-electron chi connectivity index (χ1n) is 8.59. The highest BCUT2D eigenvalue weighted by molar-refractivity contribution is 7.16. The van der Waals surface area contributed by atoms with Gasteiger partial charge in [-0.25, -0.2) is 4.79 Å². The van der Waals surface area contributed by atoms with Crippen LogP contribution in [0, 0.1) is 6.92 Å². The lowest BCUT2D eigenvalue weighted by Crippen LogP contribution is -2.22. The minimum Gasteiger partial charge on any atom is -0.483 e. The number of carbonyl (C=O) groups excluding carboxylic acids is 3. The Bertz CT molecular complexity index is 910. The molecule has 1 heterocycles. The van der Waals surface area contributed by atoms with Crippen molar-refractivity contribution in [2.24, 2.45) is 5.73 Å². The highest BCUT2D eigenvalue weighted by atomic mass is 35.5. The van der Waals surface area contributed by atoms with Crippen LogP contribution >= 0.6 is 22.9 Å². The molecule has 2 aromatic rings. The number of benzene rings is 1. The summed E-state index contributed by atoms with van der Waals surface area (Å²) in [6.45, 7) is 5.39. The second-order valence-electron chi connectivity index (χ2n) is 5.76. The van der Waals surface area contributed by atoms with Crippen LogP contribution in [0.2, 0.25) is 5.02 Å². The zero-order chi connectivity index (χ0) is 20.8. The monoisotopic (exact) mass is 424 g/mol. The van der Waals surface area contributed by atoms with Crippen molar-refractivity contribution < 1.29 is 23.9 Å². The minimum absolute atomic E-state index is 0.0766. The Kier molecular flexibility index (Phi) is 7.42. The van der Waals surface area contributed by atoms with E-state index in [1.54, 1.807) is 6.92 Å². The number of rotatable bonds is 8. The standard InChI is InChI=1S/C19H21ClN2O5S/c1-4-12-10(3)28-18(16(12)19(25)26-5-2)22-15(23)9-27-14-7-6-11(20)8-13(14)17(21)24/h6-8H,4-5,9H2,1-3H3,(H2,21,24)(H,22,23). The molecular formula is C19H21ClN2O5S. The van der Waals surface area contributed by atoms with Gasteiger partial charge in [-0.3, -0.25) is 9.59 Å². The van der Waals surface area contributed by atoms with E-state index in [0.29, 0.717) is 22.0 Å². The molecule has 3 N–H and O–H groups in total. The number of carbonyl (C=O) groups is 3. The number of nitrogens with two attached hydrogens (primary N) is 1. The lowest BCUT2D eigenvalue weighted by Gasteiger charge is -2.11. The molecule has 0 aliphatic heterocycles. The van der Waals surface area contributed by atoms with E-state index in [9.17, 15) is 14.4 Å². The summed E-state index contributed by atoms with van der Waals surface area (Å²) in [5.74, 6) is -1.54. The van der Waals surface area contributed by atoms with Gasteiger partial charge in [0.2, 0.25) is 0 Å². The van der Waals surface area contributed by atoms with Gasteiger partial charge in [0, 0.05) is 9.90 Å².